The van der Waals surface area contributed by atoms with Gasteiger partial charge >= 0.3 is 0 Å². The van der Waals surface area contributed by atoms with Crippen LogP contribution in [0, 0.1) is 0 Å². The van der Waals surface area contributed by atoms with Crippen molar-refractivity contribution in [1.29, 1.82) is 0 Å². The normalized spacial score (nSPS) is 28.7. The Morgan fingerprint density at radius 1 is 1.25 bits per heavy atom. The van der Waals surface area contributed by atoms with Crippen LogP contribution in [-0.4, -0.2) is 61.8 Å². The first-order valence-corrected chi connectivity index (χ1v) is 10.7. The van der Waals surface area contributed by atoms with Gasteiger partial charge in [0.15, 0.2) is 0 Å². The lowest BCUT2D eigenvalue weighted by atomic mass is 9.84. The number of piperidine rings is 1. The molecule has 0 saturated carbocycles. The average Bonchev–Trinajstić information content (AvgIpc) is 3.12. The fourth-order valence-corrected chi connectivity index (χ4v) is 5.18. The molecule has 1 aromatic rings. The Morgan fingerprint density at radius 2 is 2.07 bits per heavy atom. The molecular weight excluding hydrogens is 354 g/mol. The van der Waals surface area contributed by atoms with Gasteiger partial charge in [-0.3, -0.25) is 9.69 Å². The maximum Gasteiger partial charge on any atom is 0.240 e. The minimum absolute atomic E-state index is 0.175. The van der Waals surface area contributed by atoms with Crippen molar-refractivity contribution < 1.29 is 14.3 Å². The Hall–Kier alpha value is -1.63. The van der Waals surface area contributed by atoms with Crippen LogP contribution in [0.2, 0.25) is 0 Å². The Kier molecular flexibility index (Phi) is 6.19. The summed E-state index contributed by atoms with van der Waals surface area (Å²) in [6.07, 6.45) is 6.32. The van der Waals surface area contributed by atoms with Crippen LogP contribution in [0.1, 0.15) is 44.1 Å². The van der Waals surface area contributed by atoms with E-state index >= 15 is 0 Å². The molecule has 28 heavy (non-hydrogen) atoms. The predicted octanol–water partition coefficient (Wildman–Crippen LogP) is 2.08. The highest BCUT2D eigenvalue weighted by molar-refractivity contribution is 5.87. The number of methoxy groups -OCH3 is 1. The van der Waals surface area contributed by atoms with Crippen molar-refractivity contribution in [1.82, 2.24) is 15.5 Å². The largest absolute Gasteiger partial charge is 0.496 e. The van der Waals surface area contributed by atoms with Crippen LogP contribution in [0.5, 0.6) is 5.75 Å². The molecule has 1 aromatic carbocycles. The fourth-order valence-electron chi connectivity index (χ4n) is 5.18. The molecule has 3 fully saturated rings. The molecule has 3 aliphatic heterocycles. The zero-order valence-corrected chi connectivity index (χ0v) is 16.9. The summed E-state index contributed by atoms with van der Waals surface area (Å²) in [4.78, 5) is 15.8. The van der Waals surface area contributed by atoms with Crippen LogP contribution in [0.3, 0.4) is 0 Å². The molecule has 2 N–H and O–H groups in total. The molecule has 2 atom stereocenters. The van der Waals surface area contributed by atoms with Gasteiger partial charge in [-0.25, -0.2) is 0 Å². The SMILES string of the molecule is COc1ccccc1CNC(=O)[C@@]12CCCCN1C[C@@H](NC1CCOCC1)C2. The van der Waals surface area contributed by atoms with Gasteiger partial charge in [-0.2, -0.15) is 0 Å². The van der Waals surface area contributed by atoms with Crippen molar-refractivity contribution in [3.63, 3.8) is 0 Å². The van der Waals surface area contributed by atoms with Crippen molar-refractivity contribution in [2.45, 2.75) is 62.7 Å². The number of carbonyl (C=O) groups is 1. The lowest BCUT2D eigenvalue weighted by Crippen LogP contribution is -2.57. The molecule has 1 amide bonds. The van der Waals surface area contributed by atoms with E-state index in [2.05, 4.69) is 15.5 Å². The molecule has 0 radical (unpaired) electrons. The van der Waals surface area contributed by atoms with Gasteiger partial charge in [0.2, 0.25) is 5.91 Å². The number of rotatable bonds is 6. The summed E-state index contributed by atoms with van der Waals surface area (Å²) >= 11 is 0. The van der Waals surface area contributed by atoms with E-state index in [-0.39, 0.29) is 11.4 Å². The van der Waals surface area contributed by atoms with E-state index in [4.69, 9.17) is 9.47 Å². The summed E-state index contributed by atoms with van der Waals surface area (Å²) in [6.45, 7) is 4.20. The van der Waals surface area contributed by atoms with Crippen LogP contribution in [0.25, 0.3) is 0 Å². The molecule has 0 aromatic heterocycles. The monoisotopic (exact) mass is 387 g/mol. The number of fused-ring (bicyclic) bond motifs is 1. The van der Waals surface area contributed by atoms with Crippen molar-refractivity contribution in [3.05, 3.63) is 29.8 Å². The summed E-state index contributed by atoms with van der Waals surface area (Å²) < 4.78 is 10.9. The maximum atomic E-state index is 13.4. The van der Waals surface area contributed by atoms with Crippen LogP contribution in [-0.2, 0) is 16.1 Å². The Bertz CT molecular complexity index is 677. The molecule has 0 bridgehead atoms. The molecule has 0 unspecified atom stereocenters. The molecule has 3 aliphatic rings. The second-order valence-corrected chi connectivity index (χ2v) is 8.38. The quantitative estimate of drug-likeness (QED) is 0.783. The van der Waals surface area contributed by atoms with Crippen LogP contribution >= 0.6 is 0 Å². The number of nitrogens with zero attached hydrogens (tertiary/aromatic N) is 1. The molecule has 6 heteroatoms. The zero-order chi connectivity index (χ0) is 19.4. The van der Waals surface area contributed by atoms with Crippen molar-refractivity contribution in [2.24, 2.45) is 0 Å². The Morgan fingerprint density at radius 3 is 2.89 bits per heavy atom. The highest BCUT2D eigenvalue weighted by Gasteiger charge is 2.51. The number of hydrogen-bond donors (Lipinski definition) is 2. The molecule has 3 saturated heterocycles. The van der Waals surface area contributed by atoms with Gasteiger partial charge in [0.1, 0.15) is 11.3 Å². The standard InChI is InChI=1S/C22H33N3O3/c1-27-20-7-3-2-6-17(20)15-23-21(26)22-10-4-5-11-25(22)16-19(14-22)24-18-8-12-28-13-9-18/h2-3,6-7,18-19,24H,4-5,8-16H2,1H3,(H,23,26)/t19-,22-/m0/s1. The highest BCUT2D eigenvalue weighted by atomic mass is 16.5. The molecule has 0 aliphatic carbocycles. The van der Waals surface area contributed by atoms with Gasteiger partial charge < -0.3 is 20.1 Å². The van der Waals surface area contributed by atoms with Crippen molar-refractivity contribution in [2.75, 3.05) is 33.4 Å². The molecule has 3 heterocycles. The van der Waals surface area contributed by atoms with Gasteiger partial charge in [-0.1, -0.05) is 18.2 Å². The van der Waals surface area contributed by atoms with Gasteiger partial charge in [-0.15, -0.1) is 0 Å². The van der Waals surface area contributed by atoms with Crippen molar-refractivity contribution >= 4 is 5.91 Å². The van der Waals surface area contributed by atoms with Crippen LogP contribution in [0.15, 0.2) is 24.3 Å². The third-order valence-corrected chi connectivity index (χ3v) is 6.65. The summed E-state index contributed by atoms with van der Waals surface area (Å²) in [5.74, 6) is 1.00. The number of ether oxygens (including phenoxy) is 2. The molecule has 0 spiro atoms. The van der Waals surface area contributed by atoms with Gasteiger partial charge in [-0.05, 0) is 51.1 Å². The van der Waals surface area contributed by atoms with Crippen LogP contribution in [0.4, 0.5) is 0 Å². The van der Waals surface area contributed by atoms with Gasteiger partial charge in [0.25, 0.3) is 0 Å². The first-order valence-electron chi connectivity index (χ1n) is 10.7. The van der Waals surface area contributed by atoms with E-state index in [1.165, 1.54) is 6.42 Å². The fraction of sp³-hybridized carbons (Fsp3) is 0.682. The molecule has 6 nitrogen and oxygen atoms in total. The third kappa shape index (κ3) is 4.04. The Balaban J connectivity index is 1.42. The zero-order valence-electron chi connectivity index (χ0n) is 16.9. The van der Waals surface area contributed by atoms with E-state index in [1.807, 2.05) is 24.3 Å². The summed E-state index contributed by atoms with van der Waals surface area (Å²) in [6, 6.07) is 8.80. The summed E-state index contributed by atoms with van der Waals surface area (Å²) in [7, 11) is 1.67. The minimum Gasteiger partial charge on any atom is -0.496 e. The smallest absolute Gasteiger partial charge is 0.240 e. The maximum absolute atomic E-state index is 13.4. The molecular formula is C22H33N3O3. The molecule has 154 valence electrons. The second kappa shape index (κ2) is 8.80. The first kappa shape index (κ1) is 19.7. The number of para-hydroxylation sites is 1. The number of carbonyl (C=O) groups excluding carboxylic acids is 1. The minimum atomic E-state index is -0.358. The Labute approximate surface area is 168 Å². The number of amides is 1. The van der Waals surface area contributed by atoms with E-state index in [1.54, 1.807) is 7.11 Å². The van der Waals surface area contributed by atoms with E-state index in [9.17, 15) is 4.79 Å². The first-order chi connectivity index (χ1) is 13.7. The lowest BCUT2D eigenvalue weighted by Gasteiger charge is -2.40. The lowest BCUT2D eigenvalue weighted by molar-refractivity contribution is -0.134. The van der Waals surface area contributed by atoms with Crippen LogP contribution < -0.4 is 15.4 Å². The summed E-state index contributed by atoms with van der Waals surface area (Å²) in [5, 5.41) is 7.05. The molecule has 4 rings (SSSR count). The highest BCUT2D eigenvalue weighted by Crippen LogP contribution is 2.38. The predicted molar refractivity (Wildman–Crippen MR) is 108 cm³/mol. The third-order valence-electron chi connectivity index (χ3n) is 6.65. The second-order valence-electron chi connectivity index (χ2n) is 8.38. The summed E-state index contributed by atoms with van der Waals surface area (Å²) in [5.41, 5.74) is 0.662. The topological polar surface area (TPSA) is 62.8 Å². The number of benzene rings is 1. The van der Waals surface area contributed by atoms with Gasteiger partial charge in [0.05, 0.1) is 7.11 Å². The van der Waals surface area contributed by atoms with E-state index < -0.39 is 0 Å². The van der Waals surface area contributed by atoms with Crippen molar-refractivity contribution in [3.8, 4) is 5.75 Å². The van der Waals surface area contributed by atoms with E-state index in [0.29, 0.717) is 18.6 Å². The average molecular weight is 388 g/mol. The van der Waals surface area contributed by atoms with Gasteiger partial charge in [0, 0.05) is 44.0 Å². The number of nitrogens with one attached hydrogen (secondary N) is 2. The number of hydrogen-bond acceptors (Lipinski definition) is 5. The van der Waals surface area contributed by atoms with E-state index in [0.717, 1.165) is 69.7 Å².